The van der Waals surface area contributed by atoms with Gasteiger partial charge in [0, 0.05) is 24.7 Å². The minimum Gasteiger partial charge on any atom is -0.445 e. The first-order chi connectivity index (χ1) is 16.9. The van der Waals surface area contributed by atoms with Crippen LogP contribution in [-0.4, -0.2) is 48.0 Å². The molecule has 2 aromatic carbocycles. The smallest absolute Gasteiger partial charge is 0.408 e. The van der Waals surface area contributed by atoms with Crippen molar-refractivity contribution in [3.8, 4) is 0 Å². The molecular formula is C28H35N3O4. The lowest BCUT2D eigenvalue weighted by atomic mass is 9.92. The van der Waals surface area contributed by atoms with E-state index in [2.05, 4.69) is 10.6 Å². The predicted octanol–water partition coefficient (Wildman–Crippen LogP) is 4.20. The molecule has 4 rings (SSSR count). The molecule has 1 saturated carbocycles. The van der Waals surface area contributed by atoms with Gasteiger partial charge in [0.2, 0.25) is 5.91 Å². The van der Waals surface area contributed by atoms with Gasteiger partial charge in [0.25, 0.3) is 5.91 Å². The van der Waals surface area contributed by atoms with E-state index in [0.717, 1.165) is 42.4 Å². The highest BCUT2D eigenvalue weighted by molar-refractivity contribution is 5.96. The molecule has 2 atom stereocenters. The summed E-state index contributed by atoms with van der Waals surface area (Å²) in [4.78, 5) is 40.1. The number of piperidine rings is 1. The van der Waals surface area contributed by atoms with Crippen LogP contribution in [0.25, 0.3) is 0 Å². The summed E-state index contributed by atoms with van der Waals surface area (Å²) >= 11 is 0. The maximum absolute atomic E-state index is 13.2. The molecule has 186 valence electrons. The standard InChI is InChI=1S/C28H35N3O4/c1-3-9-23(29-27(34)35-19-21-11-5-4-6-12-21)26(33)31-16-14-28(15-17-31)18-24(28)30-25(32)22-13-8-7-10-20(22)2/h4-8,10-13,23-24H,3,9,14-19H2,1-2H3,(H,29,34)(H,30,32)/t23-,24?/m0/s1. The van der Waals surface area contributed by atoms with Crippen LogP contribution >= 0.6 is 0 Å². The van der Waals surface area contributed by atoms with Gasteiger partial charge in [0.1, 0.15) is 12.6 Å². The van der Waals surface area contributed by atoms with Crippen LogP contribution in [0.15, 0.2) is 54.6 Å². The van der Waals surface area contributed by atoms with Crippen LogP contribution in [0.4, 0.5) is 4.79 Å². The lowest BCUT2D eigenvalue weighted by Gasteiger charge is -2.35. The maximum Gasteiger partial charge on any atom is 0.408 e. The zero-order chi connectivity index (χ0) is 24.8. The van der Waals surface area contributed by atoms with Crippen molar-refractivity contribution in [3.63, 3.8) is 0 Å². The second-order valence-corrected chi connectivity index (χ2v) is 9.78. The number of nitrogens with one attached hydrogen (secondary N) is 2. The predicted molar refractivity (Wildman–Crippen MR) is 134 cm³/mol. The van der Waals surface area contributed by atoms with Crippen molar-refractivity contribution < 1.29 is 19.1 Å². The van der Waals surface area contributed by atoms with Crippen molar-refractivity contribution in [1.82, 2.24) is 15.5 Å². The third kappa shape index (κ3) is 6.02. The number of carbonyl (C=O) groups excluding carboxylic acids is 3. The Kier molecular flexibility index (Phi) is 7.73. The van der Waals surface area contributed by atoms with Crippen molar-refractivity contribution in [2.45, 2.75) is 64.6 Å². The average molecular weight is 478 g/mol. The molecule has 1 spiro atoms. The second-order valence-electron chi connectivity index (χ2n) is 9.78. The van der Waals surface area contributed by atoms with E-state index in [4.69, 9.17) is 4.74 Å². The quantitative estimate of drug-likeness (QED) is 0.597. The van der Waals surface area contributed by atoms with Crippen molar-refractivity contribution in [2.24, 2.45) is 5.41 Å². The van der Waals surface area contributed by atoms with Gasteiger partial charge in [-0.25, -0.2) is 4.79 Å². The summed E-state index contributed by atoms with van der Waals surface area (Å²) < 4.78 is 5.32. The maximum atomic E-state index is 13.2. The van der Waals surface area contributed by atoms with Gasteiger partial charge in [-0.1, -0.05) is 61.9 Å². The summed E-state index contributed by atoms with van der Waals surface area (Å²) in [6, 6.07) is 16.6. The van der Waals surface area contributed by atoms with Gasteiger partial charge in [0.15, 0.2) is 0 Å². The van der Waals surface area contributed by atoms with Crippen LogP contribution in [-0.2, 0) is 16.1 Å². The number of carbonyl (C=O) groups is 3. The van der Waals surface area contributed by atoms with E-state index in [1.807, 2.05) is 73.3 Å². The summed E-state index contributed by atoms with van der Waals surface area (Å²) in [5.41, 5.74) is 2.67. The fourth-order valence-corrected chi connectivity index (χ4v) is 5.01. The fourth-order valence-electron chi connectivity index (χ4n) is 5.01. The lowest BCUT2D eigenvalue weighted by molar-refractivity contribution is -0.135. The van der Waals surface area contributed by atoms with Crippen LogP contribution in [0.1, 0.15) is 60.5 Å². The van der Waals surface area contributed by atoms with E-state index in [0.29, 0.717) is 19.5 Å². The first-order valence-electron chi connectivity index (χ1n) is 12.5. The highest BCUT2D eigenvalue weighted by Gasteiger charge is 2.56. The number of ether oxygens (including phenoxy) is 1. The average Bonchev–Trinajstić information content (AvgIpc) is 3.53. The number of alkyl carbamates (subject to hydrolysis) is 1. The Labute approximate surface area is 207 Å². The molecular weight excluding hydrogens is 442 g/mol. The third-order valence-electron chi connectivity index (χ3n) is 7.34. The topological polar surface area (TPSA) is 87.7 Å². The number of amides is 3. The SMILES string of the molecule is CCC[C@H](NC(=O)OCc1ccccc1)C(=O)N1CCC2(CC1)CC2NC(=O)c1ccccc1C. The molecule has 7 heteroatoms. The number of hydrogen-bond acceptors (Lipinski definition) is 4. The molecule has 1 unspecified atom stereocenters. The molecule has 1 heterocycles. The molecule has 1 saturated heterocycles. The van der Waals surface area contributed by atoms with E-state index in [-0.39, 0.29) is 29.9 Å². The highest BCUT2D eigenvalue weighted by Crippen LogP contribution is 2.54. The molecule has 1 aliphatic carbocycles. The van der Waals surface area contributed by atoms with Crippen molar-refractivity contribution in [1.29, 1.82) is 0 Å². The number of rotatable bonds is 8. The minimum atomic E-state index is -0.590. The molecule has 35 heavy (non-hydrogen) atoms. The van der Waals surface area contributed by atoms with E-state index < -0.39 is 12.1 Å². The van der Waals surface area contributed by atoms with Crippen molar-refractivity contribution >= 4 is 17.9 Å². The minimum absolute atomic E-state index is 0.0234. The molecule has 0 bridgehead atoms. The zero-order valence-electron chi connectivity index (χ0n) is 20.6. The van der Waals surface area contributed by atoms with Crippen molar-refractivity contribution in [2.75, 3.05) is 13.1 Å². The number of aryl methyl sites for hydroxylation is 1. The Bertz CT molecular complexity index is 1050. The first-order valence-corrected chi connectivity index (χ1v) is 12.5. The summed E-state index contributed by atoms with van der Waals surface area (Å²) in [6.45, 7) is 5.38. The molecule has 2 aromatic rings. The number of nitrogens with zero attached hydrogens (tertiary/aromatic N) is 1. The van der Waals surface area contributed by atoms with Crippen LogP contribution in [0.5, 0.6) is 0 Å². The Morgan fingerprint density at radius 2 is 1.74 bits per heavy atom. The highest BCUT2D eigenvalue weighted by atomic mass is 16.5. The summed E-state index contributed by atoms with van der Waals surface area (Å²) in [5.74, 6) is -0.0794. The van der Waals surface area contributed by atoms with Crippen LogP contribution in [0, 0.1) is 12.3 Å². The van der Waals surface area contributed by atoms with Crippen molar-refractivity contribution in [3.05, 3.63) is 71.3 Å². The molecule has 7 nitrogen and oxygen atoms in total. The molecule has 3 amide bonds. The van der Waals surface area contributed by atoms with E-state index in [9.17, 15) is 14.4 Å². The van der Waals surface area contributed by atoms with E-state index in [1.54, 1.807) is 0 Å². The van der Waals surface area contributed by atoms with Gasteiger partial charge < -0.3 is 20.3 Å². The molecule has 2 N–H and O–H groups in total. The first kappa shape index (κ1) is 24.8. The van der Waals surface area contributed by atoms with E-state index >= 15 is 0 Å². The third-order valence-corrected chi connectivity index (χ3v) is 7.34. The van der Waals surface area contributed by atoms with Crippen LogP contribution in [0.3, 0.4) is 0 Å². The second kappa shape index (κ2) is 10.9. The lowest BCUT2D eigenvalue weighted by Crippen LogP contribution is -2.51. The van der Waals surface area contributed by atoms with Gasteiger partial charge in [-0.3, -0.25) is 9.59 Å². The largest absolute Gasteiger partial charge is 0.445 e. The molecule has 2 aliphatic rings. The zero-order valence-corrected chi connectivity index (χ0v) is 20.6. The molecule has 0 radical (unpaired) electrons. The summed E-state index contributed by atoms with van der Waals surface area (Å²) in [6.07, 6.45) is 3.43. The Morgan fingerprint density at radius 3 is 2.43 bits per heavy atom. The number of likely N-dealkylation sites (tertiary alicyclic amines) is 1. The Balaban J connectivity index is 1.26. The molecule has 1 aliphatic heterocycles. The van der Waals surface area contributed by atoms with Gasteiger partial charge >= 0.3 is 6.09 Å². The monoisotopic (exact) mass is 477 g/mol. The Morgan fingerprint density at radius 1 is 1.06 bits per heavy atom. The number of hydrogen-bond donors (Lipinski definition) is 2. The summed E-state index contributed by atoms with van der Waals surface area (Å²) in [7, 11) is 0. The van der Waals surface area contributed by atoms with Gasteiger partial charge in [-0.2, -0.15) is 0 Å². The van der Waals surface area contributed by atoms with Crippen LogP contribution in [0.2, 0.25) is 0 Å². The van der Waals surface area contributed by atoms with Gasteiger partial charge in [-0.05, 0) is 55.2 Å². The van der Waals surface area contributed by atoms with Gasteiger partial charge in [-0.15, -0.1) is 0 Å². The van der Waals surface area contributed by atoms with Crippen LogP contribution < -0.4 is 10.6 Å². The normalized spacial score (nSPS) is 19.0. The summed E-state index contributed by atoms with van der Waals surface area (Å²) in [5, 5.41) is 5.97. The van der Waals surface area contributed by atoms with Gasteiger partial charge in [0.05, 0.1) is 0 Å². The van der Waals surface area contributed by atoms with E-state index in [1.165, 1.54) is 0 Å². The molecule has 0 aromatic heterocycles. The molecule has 2 fully saturated rings. The fraction of sp³-hybridized carbons (Fsp3) is 0.464. The Hall–Kier alpha value is -3.35. The number of benzene rings is 2.